The number of rotatable bonds is 8. The van der Waals surface area contributed by atoms with Crippen LogP contribution in [0, 0.1) is 5.82 Å². The molecule has 1 aliphatic rings. The molecule has 7 nitrogen and oxygen atoms in total. The van der Waals surface area contributed by atoms with Gasteiger partial charge in [-0.1, -0.05) is 42.5 Å². The lowest BCUT2D eigenvalue weighted by atomic mass is 9.97. The van der Waals surface area contributed by atoms with Crippen molar-refractivity contribution in [2.24, 2.45) is 0 Å². The zero-order valence-electron chi connectivity index (χ0n) is 19.4. The Kier molecular flexibility index (Phi) is 7.92. The van der Waals surface area contributed by atoms with Crippen LogP contribution >= 0.6 is 0 Å². The Bertz CT molecular complexity index is 1230. The minimum atomic E-state index is -3.60. The molecule has 1 aliphatic heterocycles. The van der Waals surface area contributed by atoms with Crippen LogP contribution in [0.1, 0.15) is 17.2 Å². The van der Waals surface area contributed by atoms with Gasteiger partial charge in [-0.3, -0.25) is 9.69 Å². The quantitative estimate of drug-likeness (QED) is 0.515. The smallest absolute Gasteiger partial charge is 0.243 e. The maximum Gasteiger partial charge on any atom is 0.243 e. The van der Waals surface area contributed by atoms with Crippen LogP contribution in [0.2, 0.25) is 0 Å². The summed E-state index contributed by atoms with van der Waals surface area (Å²) < 4.78 is 45.7. The highest BCUT2D eigenvalue weighted by Gasteiger charge is 2.26. The van der Waals surface area contributed by atoms with Crippen molar-refractivity contribution in [2.75, 3.05) is 45.2 Å². The van der Waals surface area contributed by atoms with Crippen LogP contribution in [0.15, 0.2) is 83.8 Å². The summed E-state index contributed by atoms with van der Waals surface area (Å²) in [6.45, 7) is 1.48. The van der Waals surface area contributed by atoms with Gasteiger partial charge in [-0.2, -0.15) is 4.31 Å². The second kappa shape index (κ2) is 11.1. The van der Waals surface area contributed by atoms with E-state index >= 15 is 0 Å². The summed E-state index contributed by atoms with van der Waals surface area (Å²) in [7, 11) is -1.76. The maximum atomic E-state index is 13.5. The lowest BCUT2D eigenvalue weighted by Gasteiger charge is -2.28. The van der Waals surface area contributed by atoms with Gasteiger partial charge in [0.1, 0.15) is 5.82 Å². The molecule has 0 aliphatic carbocycles. The Morgan fingerprint density at radius 2 is 1.57 bits per heavy atom. The number of morpholine rings is 1. The molecule has 0 spiro atoms. The van der Waals surface area contributed by atoms with Crippen LogP contribution < -0.4 is 5.32 Å². The zero-order chi connectivity index (χ0) is 24.8. The summed E-state index contributed by atoms with van der Waals surface area (Å²) in [4.78, 5) is 14.9. The van der Waals surface area contributed by atoms with Gasteiger partial charge in [0, 0.05) is 18.8 Å². The first-order valence-electron chi connectivity index (χ1n) is 11.3. The number of amides is 1. The first-order chi connectivity index (χ1) is 16.8. The van der Waals surface area contributed by atoms with Gasteiger partial charge < -0.3 is 10.1 Å². The van der Waals surface area contributed by atoms with Gasteiger partial charge in [0.05, 0.1) is 30.7 Å². The number of benzene rings is 3. The summed E-state index contributed by atoms with van der Waals surface area (Å²) in [5, 5.41) is 2.83. The van der Waals surface area contributed by atoms with Crippen molar-refractivity contribution in [3.8, 4) is 0 Å². The number of likely N-dealkylation sites (N-methyl/N-ethyl adjacent to an activating group) is 1. The lowest BCUT2D eigenvalue weighted by Crippen LogP contribution is -2.40. The van der Waals surface area contributed by atoms with Crippen LogP contribution in [0.25, 0.3) is 0 Å². The standard InChI is InChI=1S/C26H28FN3O4S/c1-29(26(20-5-3-2-4-6-20)21-7-9-22(27)10-8-21)19-25(31)28-23-11-13-24(14-12-23)35(32,33)30-15-17-34-18-16-30/h2-14,26H,15-19H2,1H3,(H,28,31). The Hall–Kier alpha value is -3.11. The Labute approximate surface area is 205 Å². The largest absolute Gasteiger partial charge is 0.379 e. The van der Waals surface area contributed by atoms with Gasteiger partial charge in [-0.05, 0) is 54.6 Å². The van der Waals surface area contributed by atoms with E-state index in [0.29, 0.717) is 32.0 Å². The molecule has 0 radical (unpaired) electrons. The normalized spacial score (nSPS) is 15.6. The van der Waals surface area contributed by atoms with E-state index in [0.717, 1.165) is 11.1 Å². The molecule has 0 aromatic heterocycles. The second-order valence-corrected chi connectivity index (χ2v) is 10.3. The van der Waals surface area contributed by atoms with E-state index in [1.54, 1.807) is 24.3 Å². The molecule has 3 aromatic rings. The maximum absolute atomic E-state index is 13.5. The molecule has 1 saturated heterocycles. The first-order valence-corrected chi connectivity index (χ1v) is 12.8. The van der Waals surface area contributed by atoms with Crippen LogP contribution in [-0.2, 0) is 19.6 Å². The molecule has 1 unspecified atom stereocenters. The van der Waals surface area contributed by atoms with Gasteiger partial charge in [0.25, 0.3) is 0 Å². The van der Waals surface area contributed by atoms with Gasteiger partial charge >= 0.3 is 0 Å². The van der Waals surface area contributed by atoms with Gasteiger partial charge in [-0.25, -0.2) is 12.8 Å². The molecule has 1 N–H and O–H groups in total. The summed E-state index contributed by atoms with van der Waals surface area (Å²) >= 11 is 0. The second-order valence-electron chi connectivity index (χ2n) is 8.37. The third-order valence-corrected chi connectivity index (χ3v) is 7.79. The van der Waals surface area contributed by atoms with Crippen LogP contribution in [0.4, 0.5) is 10.1 Å². The fourth-order valence-corrected chi connectivity index (χ4v) is 5.55. The Balaban J connectivity index is 1.44. The van der Waals surface area contributed by atoms with Crippen molar-refractivity contribution in [1.82, 2.24) is 9.21 Å². The van der Waals surface area contributed by atoms with Crippen LogP contribution in [0.3, 0.4) is 0 Å². The van der Waals surface area contributed by atoms with Gasteiger partial charge in [0.2, 0.25) is 15.9 Å². The van der Waals surface area contributed by atoms with E-state index in [9.17, 15) is 17.6 Å². The number of ether oxygens (including phenoxy) is 1. The van der Waals surface area contributed by atoms with Crippen molar-refractivity contribution in [1.29, 1.82) is 0 Å². The van der Waals surface area contributed by atoms with E-state index in [1.165, 1.54) is 28.6 Å². The van der Waals surface area contributed by atoms with E-state index in [1.807, 2.05) is 42.3 Å². The number of hydrogen-bond acceptors (Lipinski definition) is 5. The minimum absolute atomic E-state index is 0.0742. The Morgan fingerprint density at radius 3 is 2.20 bits per heavy atom. The van der Waals surface area contributed by atoms with Crippen LogP contribution in [-0.4, -0.2) is 63.4 Å². The van der Waals surface area contributed by atoms with Gasteiger partial charge in [0.15, 0.2) is 0 Å². The zero-order valence-corrected chi connectivity index (χ0v) is 20.2. The lowest BCUT2D eigenvalue weighted by molar-refractivity contribution is -0.117. The average molecular weight is 498 g/mol. The number of sulfonamides is 1. The summed E-state index contributed by atoms with van der Waals surface area (Å²) in [5.74, 6) is -0.570. The molecular weight excluding hydrogens is 469 g/mol. The van der Waals surface area contributed by atoms with E-state index in [4.69, 9.17) is 4.74 Å². The highest BCUT2D eigenvalue weighted by molar-refractivity contribution is 7.89. The topological polar surface area (TPSA) is 79.0 Å². The molecule has 4 rings (SSSR count). The molecule has 3 aromatic carbocycles. The van der Waals surface area contributed by atoms with Crippen LogP contribution in [0.5, 0.6) is 0 Å². The fraction of sp³-hybridized carbons (Fsp3) is 0.269. The SMILES string of the molecule is CN(CC(=O)Nc1ccc(S(=O)(=O)N2CCOCC2)cc1)C(c1ccccc1)c1ccc(F)cc1. The third kappa shape index (κ3) is 6.12. The highest BCUT2D eigenvalue weighted by atomic mass is 32.2. The molecule has 1 atom stereocenters. The molecule has 184 valence electrons. The predicted octanol–water partition coefficient (Wildman–Crippen LogP) is 3.51. The third-order valence-electron chi connectivity index (χ3n) is 5.88. The molecule has 9 heteroatoms. The van der Waals surface area contributed by atoms with Crippen molar-refractivity contribution < 1.29 is 22.3 Å². The molecule has 1 fully saturated rings. The number of nitrogens with zero attached hydrogens (tertiary/aromatic N) is 2. The average Bonchev–Trinajstić information content (AvgIpc) is 2.87. The summed E-state index contributed by atoms with van der Waals surface area (Å²) in [6, 6.07) is 21.9. The summed E-state index contributed by atoms with van der Waals surface area (Å²) in [6.07, 6.45) is 0. The van der Waals surface area contributed by atoms with Gasteiger partial charge in [-0.15, -0.1) is 0 Å². The minimum Gasteiger partial charge on any atom is -0.379 e. The molecule has 0 bridgehead atoms. The highest BCUT2D eigenvalue weighted by Crippen LogP contribution is 2.28. The number of carbonyl (C=O) groups is 1. The fourth-order valence-electron chi connectivity index (χ4n) is 4.15. The predicted molar refractivity (Wildman–Crippen MR) is 132 cm³/mol. The van der Waals surface area contributed by atoms with E-state index in [2.05, 4.69) is 5.32 Å². The molecule has 35 heavy (non-hydrogen) atoms. The van der Waals surface area contributed by atoms with Crippen molar-refractivity contribution in [3.05, 3.63) is 95.8 Å². The van der Waals surface area contributed by atoms with E-state index in [-0.39, 0.29) is 29.2 Å². The monoisotopic (exact) mass is 497 g/mol. The summed E-state index contributed by atoms with van der Waals surface area (Å²) in [5.41, 5.74) is 2.35. The number of nitrogens with one attached hydrogen (secondary N) is 1. The molecule has 1 amide bonds. The number of anilines is 1. The van der Waals surface area contributed by atoms with Crippen molar-refractivity contribution >= 4 is 21.6 Å². The van der Waals surface area contributed by atoms with E-state index < -0.39 is 10.0 Å². The Morgan fingerprint density at radius 1 is 0.971 bits per heavy atom. The number of hydrogen-bond donors (Lipinski definition) is 1. The molecule has 1 heterocycles. The van der Waals surface area contributed by atoms with Crippen molar-refractivity contribution in [3.63, 3.8) is 0 Å². The number of carbonyl (C=O) groups excluding carboxylic acids is 1. The first kappa shape index (κ1) is 25.0. The molecular formula is C26H28FN3O4S. The molecule has 0 saturated carbocycles. The number of halogens is 1. The van der Waals surface area contributed by atoms with Crippen molar-refractivity contribution in [2.45, 2.75) is 10.9 Å².